The van der Waals surface area contributed by atoms with Crippen molar-refractivity contribution in [1.82, 2.24) is 0 Å². The van der Waals surface area contributed by atoms with Crippen LogP contribution in [0.2, 0.25) is 5.02 Å². The van der Waals surface area contributed by atoms with Crippen molar-refractivity contribution in [2.75, 3.05) is 23.9 Å². The van der Waals surface area contributed by atoms with Gasteiger partial charge in [0.1, 0.15) is 6.54 Å². The van der Waals surface area contributed by atoms with Crippen molar-refractivity contribution in [2.24, 2.45) is 0 Å². The summed E-state index contributed by atoms with van der Waals surface area (Å²) in [6.45, 7) is 1.12. The number of carbonyl (C=O) groups excluding carboxylic acids is 3. The maximum atomic E-state index is 12.3. The van der Waals surface area contributed by atoms with E-state index < -0.39 is 11.9 Å². The molecule has 0 aliphatic rings. The van der Waals surface area contributed by atoms with Crippen LogP contribution in [0.4, 0.5) is 11.4 Å². The van der Waals surface area contributed by atoms with Crippen LogP contribution in [0.5, 0.6) is 0 Å². The number of nitrogens with one attached hydrogen (secondary N) is 1. The van der Waals surface area contributed by atoms with Gasteiger partial charge in [0.15, 0.2) is 0 Å². The zero-order chi connectivity index (χ0) is 18.4. The number of nitrogens with zero attached hydrogens (tertiary/aromatic N) is 1. The molecule has 0 radical (unpaired) electrons. The molecule has 7 heteroatoms. The zero-order valence-electron chi connectivity index (χ0n) is 13.8. The van der Waals surface area contributed by atoms with Crippen LogP contribution in [0.25, 0.3) is 0 Å². The second kappa shape index (κ2) is 8.30. The molecule has 0 spiro atoms. The number of benzene rings is 2. The molecule has 130 valence electrons. The average molecular weight is 361 g/mol. The third-order valence-electron chi connectivity index (χ3n) is 3.41. The van der Waals surface area contributed by atoms with Gasteiger partial charge in [-0.2, -0.15) is 0 Å². The Bertz CT molecular complexity index is 807. The first-order valence-corrected chi connectivity index (χ1v) is 7.81. The molecule has 0 heterocycles. The highest BCUT2D eigenvalue weighted by Crippen LogP contribution is 2.21. The van der Waals surface area contributed by atoms with Crippen LogP contribution >= 0.6 is 11.6 Å². The highest BCUT2D eigenvalue weighted by atomic mass is 35.5. The normalized spacial score (nSPS) is 10.0. The molecule has 1 N–H and O–H groups in total. The van der Waals surface area contributed by atoms with E-state index >= 15 is 0 Å². The Balaban J connectivity index is 2.19. The van der Waals surface area contributed by atoms with Gasteiger partial charge in [-0.3, -0.25) is 9.59 Å². The van der Waals surface area contributed by atoms with Gasteiger partial charge in [0, 0.05) is 12.6 Å². The quantitative estimate of drug-likeness (QED) is 0.831. The predicted octanol–water partition coefficient (Wildman–Crippen LogP) is 3.12. The van der Waals surface area contributed by atoms with E-state index in [9.17, 15) is 14.4 Å². The summed E-state index contributed by atoms with van der Waals surface area (Å²) in [5.41, 5.74) is 1.17. The van der Waals surface area contributed by atoms with Crippen molar-refractivity contribution in [3.63, 3.8) is 0 Å². The Labute approximate surface area is 150 Å². The molecular formula is C18H17ClN2O4. The predicted molar refractivity (Wildman–Crippen MR) is 95.9 cm³/mol. The third kappa shape index (κ3) is 4.81. The molecule has 0 saturated heterocycles. The maximum absolute atomic E-state index is 12.3. The van der Waals surface area contributed by atoms with Crippen molar-refractivity contribution in [3.8, 4) is 0 Å². The molecular weight excluding hydrogens is 344 g/mol. The Morgan fingerprint density at radius 3 is 2.48 bits per heavy atom. The second-order valence-corrected chi connectivity index (χ2v) is 5.58. The van der Waals surface area contributed by atoms with E-state index in [1.54, 1.807) is 42.5 Å². The fourth-order valence-electron chi connectivity index (χ4n) is 2.20. The molecule has 0 aromatic heterocycles. The number of amides is 2. The van der Waals surface area contributed by atoms with E-state index in [4.69, 9.17) is 11.6 Å². The van der Waals surface area contributed by atoms with Crippen LogP contribution in [0.1, 0.15) is 17.3 Å². The first-order chi connectivity index (χ1) is 11.9. The summed E-state index contributed by atoms with van der Waals surface area (Å²) in [5.74, 6) is -1.27. The van der Waals surface area contributed by atoms with Gasteiger partial charge in [-0.1, -0.05) is 29.8 Å². The SMILES string of the molecule is COC(=O)c1cccc(N(CC(=O)Nc2ccccc2Cl)C(C)=O)c1. The van der Waals surface area contributed by atoms with E-state index in [1.807, 2.05) is 0 Å². The van der Waals surface area contributed by atoms with Crippen molar-refractivity contribution < 1.29 is 19.1 Å². The van der Waals surface area contributed by atoms with Crippen LogP contribution in [-0.4, -0.2) is 31.4 Å². The highest BCUT2D eigenvalue weighted by molar-refractivity contribution is 6.33. The second-order valence-electron chi connectivity index (χ2n) is 5.18. The summed E-state index contributed by atoms with van der Waals surface area (Å²) in [4.78, 5) is 37.1. The smallest absolute Gasteiger partial charge is 0.337 e. The molecule has 0 aliphatic heterocycles. The lowest BCUT2D eigenvalue weighted by Gasteiger charge is -2.21. The van der Waals surface area contributed by atoms with Gasteiger partial charge in [0.05, 0.1) is 23.4 Å². The Hall–Kier alpha value is -2.86. The number of methoxy groups -OCH3 is 1. The standard InChI is InChI=1S/C18H17ClN2O4/c1-12(22)21(14-7-5-6-13(10-14)18(24)25-2)11-17(23)20-16-9-4-3-8-15(16)19/h3-10H,11H2,1-2H3,(H,20,23). The average Bonchev–Trinajstić information content (AvgIpc) is 2.60. The molecule has 2 amide bonds. The van der Waals surface area contributed by atoms with Gasteiger partial charge in [-0.15, -0.1) is 0 Å². The largest absolute Gasteiger partial charge is 0.465 e. The molecule has 6 nitrogen and oxygen atoms in total. The summed E-state index contributed by atoms with van der Waals surface area (Å²) in [7, 11) is 1.27. The van der Waals surface area contributed by atoms with Crippen LogP contribution in [0.15, 0.2) is 48.5 Å². The molecule has 0 fully saturated rings. The molecule has 2 aromatic carbocycles. The lowest BCUT2D eigenvalue weighted by molar-refractivity contribution is -0.120. The third-order valence-corrected chi connectivity index (χ3v) is 3.74. The van der Waals surface area contributed by atoms with Crippen LogP contribution in [-0.2, 0) is 14.3 Å². The number of hydrogen-bond donors (Lipinski definition) is 1. The minimum atomic E-state index is -0.522. The minimum Gasteiger partial charge on any atom is -0.465 e. The highest BCUT2D eigenvalue weighted by Gasteiger charge is 2.18. The first kappa shape index (κ1) is 18.5. The van der Waals surface area contributed by atoms with Crippen molar-refractivity contribution in [3.05, 3.63) is 59.1 Å². The van der Waals surface area contributed by atoms with Gasteiger partial charge in [-0.25, -0.2) is 4.79 Å². The lowest BCUT2D eigenvalue weighted by Crippen LogP contribution is -2.36. The fraction of sp³-hybridized carbons (Fsp3) is 0.167. The topological polar surface area (TPSA) is 75.7 Å². The van der Waals surface area contributed by atoms with Crippen LogP contribution in [0.3, 0.4) is 0 Å². The Kier molecular flexibility index (Phi) is 6.14. The van der Waals surface area contributed by atoms with Crippen LogP contribution < -0.4 is 10.2 Å². The van der Waals surface area contributed by atoms with Gasteiger partial charge >= 0.3 is 5.97 Å². The number of esters is 1. The van der Waals surface area contributed by atoms with E-state index in [0.29, 0.717) is 16.4 Å². The molecule has 2 rings (SSSR count). The summed E-state index contributed by atoms with van der Waals surface area (Å²) >= 11 is 6.01. The van der Waals surface area contributed by atoms with Gasteiger partial charge in [0.25, 0.3) is 0 Å². The molecule has 0 saturated carbocycles. The Morgan fingerprint density at radius 2 is 1.84 bits per heavy atom. The number of para-hydroxylation sites is 1. The summed E-state index contributed by atoms with van der Waals surface area (Å²) in [6.07, 6.45) is 0. The van der Waals surface area contributed by atoms with Crippen molar-refractivity contribution in [2.45, 2.75) is 6.92 Å². The van der Waals surface area contributed by atoms with Crippen molar-refractivity contribution in [1.29, 1.82) is 0 Å². The van der Waals surface area contributed by atoms with Gasteiger partial charge in [0.2, 0.25) is 11.8 Å². The zero-order valence-corrected chi connectivity index (χ0v) is 14.5. The molecule has 25 heavy (non-hydrogen) atoms. The number of anilines is 2. The Morgan fingerprint density at radius 1 is 1.12 bits per heavy atom. The summed E-state index contributed by atoms with van der Waals surface area (Å²) < 4.78 is 4.67. The van der Waals surface area contributed by atoms with E-state index in [-0.39, 0.29) is 18.0 Å². The molecule has 0 unspecified atom stereocenters. The number of ether oxygens (including phenoxy) is 1. The number of rotatable bonds is 5. The van der Waals surface area contributed by atoms with Crippen LogP contribution in [0, 0.1) is 0 Å². The monoisotopic (exact) mass is 360 g/mol. The number of halogens is 1. The molecule has 2 aromatic rings. The summed E-state index contributed by atoms with van der Waals surface area (Å²) in [5, 5.41) is 3.06. The molecule has 0 bridgehead atoms. The molecule has 0 atom stereocenters. The fourth-order valence-corrected chi connectivity index (χ4v) is 2.38. The van der Waals surface area contributed by atoms with E-state index in [0.717, 1.165) is 0 Å². The first-order valence-electron chi connectivity index (χ1n) is 7.43. The molecule has 0 aliphatic carbocycles. The lowest BCUT2D eigenvalue weighted by atomic mass is 10.2. The number of carbonyl (C=O) groups is 3. The maximum Gasteiger partial charge on any atom is 0.337 e. The van der Waals surface area contributed by atoms with E-state index in [1.165, 1.54) is 25.0 Å². The van der Waals surface area contributed by atoms with E-state index in [2.05, 4.69) is 10.1 Å². The minimum absolute atomic E-state index is 0.217. The van der Waals surface area contributed by atoms with Gasteiger partial charge in [-0.05, 0) is 30.3 Å². The van der Waals surface area contributed by atoms with Crippen molar-refractivity contribution >= 4 is 40.8 Å². The number of hydrogen-bond acceptors (Lipinski definition) is 4. The van der Waals surface area contributed by atoms with Gasteiger partial charge < -0.3 is 15.0 Å². The summed E-state index contributed by atoms with van der Waals surface area (Å²) in [6, 6.07) is 13.1.